The van der Waals surface area contributed by atoms with E-state index in [2.05, 4.69) is 4.99 Å². The molecule has 0 fully saturated rings. The first-order valence-electron chi connectivity index (χ1n) is 3.79. The minimum Gasteiger partial charge on any atom is -0.466 e. The number of hydrogen-bond donors (Lipinski definition) is 2. The second kappa shape index (κ2) is 5.85. The second-order valence-electron chi connectivity index (χ2n) is 2.57. The zero-order chi connectivity index (χ0) is 8.97. The van der Waals surface area contributed by atoms with Gasteiger partial charge in [0.1, 0.15) is 11.5 Å². The summed E-state index contributed by atoms with van der Waals surface area (Å²) < 4.78 is 5.31. The Hall–Kier alpha value is -0.720. The van der Waals surface area contributed by atoms with Gasteiger partial charge in [-0.25, -0.2) is 0 Å². The summed E-state index contributed by atoms with van der Waals surface area (Å²) in [6.45, 7) is 2.49. The maximum absolute atomic E-state index is 5.31. The lowest BCUT2D eigenvalue weighted by Gasteiger charge is -1.92. The third-order valence-electron chi connectivity index (χ3n) is 1.45. The van der Waals surface area contributed by atoms with Gasteiger partial charge in [-0.3, -0.25) is 4.99 Å². The standard InChI is InChI=1S/C8H13N3O.HI/c1-6-2-3-7(12-6)4-5-11-8(9)10;/h2-3H,4-5H2,1H3,(H4,9,10,11);1H. The maximum atomic E-state index is 5.31. The van der Waals surface area contributed by atoms with Crippen LogP contribution in [0.3, 0.4) is 0 Å². The highest BCUT2D eigenvalue weighted by Crippen LogP contribution is 2.06. The fourth-order valence-electron chi connectivity index (χ4n) is 0.915. The predicted octanol–water partition coefficient (Wildman–Crippen LogP) is 1.02. The summed E-state index contributed by atoms with van der Waals surface area (Å²) in [5, 5.41) is 0. The molecular weight excluding hydrogens is 281 g/mol. The molecule has 0 spiro atoms. The van der Waals surface area contributed by atoms with Crippen molar-refractivity contribution >= 4 is 29.9 Å². The molecule has 1 aromatic rings. The summed E-state index contributed by atoms with van der Waals surface area (Å²) in [4.78, 5) is 3.84. The number of aryl methyl sites for hydroxylation is 1. The smallest absolute Gasteiger partial charge is 0.185 e. The zero-order valence-corrected chi connectivity index (χ0v) is 9.82. The number of nitrogens with zero attached hydrogens (tertiary/aromatic N) is 1. The van der Waals surface area contributed by atoms with Gasteiger partial charge in [-0.1, -0.05) is 0 Å². The van der Waals surface area contributed by atoms with Gasteiger partial charge in [-0.05, 0) is 19.1 Å². The predicted molar refractivity (Wildman–Crippen MR) is 63.2 cm³/mol. The van der Waals surface area contributed by atoms with Gasteiger partial charge in [-0.15, -0.1) is 24.0 Å². The average Bonchev–Trinajstić information content (AvgIpc) is 2.35. The van der Waals surface area contributed by atoms with Gasteiger partial charge in [0.2, 0.25) is 0 Å². The van der Waals surface area contributed by atoms with Crippen molar-refractivity contribution in [1.82, 2.24) is 0 Å². The lowest BCUT2D eigenvalue weighted by Crippen LogP contribution is -2.23. The molecule has 1 heterocycles. The molecule has 13 heavy (non-hydrogen) atoms. The van der Waals surface area contributed by atoms with Crippen LogP contribution in [-0.2, 0) is 6.42 Å². The quantitative estimate of drug-likeness (QED) is 0.496. The fraction of sp³-hybridized carbons (Fsp3) is 0.375. The normalized spacial score (nSPS) is 9.00. The summed E-state index contributed by atoms with van der Waals surface area (Å²) in [6.07, 6.45) is 0.742. The van der Waals surface area contributed by atoms with E-state index in [1.54, 1.807) is 0 Å². The van der Waals surface area contributed by atoms with E-state index in [0.29, 0.717) is 6.54 Å². The van der Waals surface area contributed by atoms with Crippen LogP contribution in [0, 0.1) is 6.92 Å². The van der Waals surface area contributed by atoms with E-state index in [0.717, 1.165) is 17.9 Å². The van der Waals surface area contributed by atoms with Crippen LogP contribution in [0.1, 0.15) is 11.5 Å². The summed E-state index contributed by atoms with van der Waals surface area (Å²) in [7, 11) is 0. The Morgan fingerprint density at radius 1 is 1.46 bits per heavy atom. The molecule has 0 bridgehead atoms. The van der Waals surface area contributed by atoms with Crippen LogP contribution in [0.5, 0.6) is 0 Å². The van der Waals surface area contributed by atoms with Gasteiger partial charge < -0.3 is 15.9 Å². The third-order valence-corrected chi connectivity index (χ3v) is 1.45. The van der Waals surface area contributed by atoms with Gasteiger partial charge in [0.15, 0.2) is 5.96 Å². The number of rotatable bonds is 3. The maximum Gasteiger partial charge on any atom is 0.185 e. The zero-order valence-electron chi connectivity index (χ0n) is 7.49. The van der Waals surface area contributed by atoms with Gasteiger partial charge in [0, 0.05) is 13.0 Å². The Bertz CT molecular complexity index is 279. The molecule has 0 unspecified atom stereocenters. The SMILES string of the molecule is Cc1ccc(CCN=C(N)N)o1.I. The Balaban J connectivity index is 0.00000144. The van der Waals surface area contributed by atoms with Crippen LogP contribution in [0.25, 0.3) is 0 Å². The highest BCUT2D eigenvalue weighted by Gasteiger charge is 1.96. The van der Waals surface area contributed by atoms with Gasteiger partial charge >= 0.3 is 0 Å². The van der Waals surface area contributed by atoms with Crippen molar-refractivity contribution in [3.8, 4) is 0 Å². The van der Waals surface area contributed by atoms with E-state index in [1.165, 1.54) is 0 Å². The van der Waals surface area contributed by atoms with Crippen molar-refractivity contribution in [2.75, 3.05) is 6.54 Å². The fourth-order valence-corrected chi connectivity index (χ4v) is 0.915. The summed E-state index contributed by atoms with van der Waals surface area (Å²) in [5.74, 6) is 1.95. The molecule has 0 saturated carbocycles. The van der Waals surface area contributed by atoms with Crippen molar-refractivity contribution in [2.24, 2.45) is 16.5 Å². The number of guanidine groups is 1. The van der Waals surface area contributed by atoms with Crippen LogP contribution in [0.15, 0.2) is 21.5 Å². The molecule has 5 heteroatoms. The first kappa shape index (κ1) is 12.3. The molecule has 0 amide bonds. The van der Waals surface area contributed by atoms with E-state index in [-0.39, 0.29) is 29.9 Å². The van der Waals surface area contributed by atoms with E-state index < -0.39 is 0 Å². The molecule has 4 nitrogen and oxygen atoms in total. The molecule has 74 valence electrons. The summed E-state index contributed by atoms with van der Waals surface area (Å²) >= 11 is 0. The molecule has 0 radical (unpaired) electrons. The lowest BCUT2D eigenvalue weighted by atomic mass is 10.3. The first-order valence-corrected chi connectivity index (χ1v) is 3.79. The van der Waals surface area contributed by atoms with Gasteiger partial charge in [-0.2, -0.15) is 0 Å². The largest absolute Gasteiger partial charge is 0.466 e. The summed E-state index contributed by atoms with van der Waals surface area (Å²) in [5.41, 5.74) is 10.3. The molecule has 0 aliphatic heterocycles. The number of halogens is 1. The van der Waals surface area contributed by atoms with E-state index in [1.807, 2.05) is 19.1 Å². The van der Waals surface area contributed by atoms with E-state index in [4.69, 9.17) is 15.9 Å². The first-order chi connectivity index (χ1) is 5.68. The molecule has 1 aromatic heterocycles. The van der Waals surface area contributed by atoms with Crippen LogP contribution in [-0.4, -0.2) is 12.5 Å². The Morgan fingerprint density at radius 3 is 2.62 bits per heavy atom. The molecule has 0 aliphatic carbocycles. The topological polar surface area (TPSA) is 77.5 Å². The number of nitrogens with two attached hydrogens (primary N) is 2. The van der Waals surface area contributed by atoms with E-state index >= 15 is 0 Å². The Kier molecular flexibility index (Phi) is 5.52. The van der Waals surface area contributed by atoms with Gasteiger partial charge in [0.05, 0.1) is 0 Å². The average molecular weight is 295 g/mol. The highest BCUT2D eigenvalue weighted by molar-refractivity contribution is 14.0. The molecule has 0 aromatic carbocycles. The van der Waals surface area contributed by atoms with Crippen molar-refractivity contribution < 1.29 is 4.42 Å². The van der Waals surface area contributed by atoms with E-state index in [9.17, 15) is 0 Å². The minimum absolute atomic E-state index is 0. The molecule has 1 rings (SSSR count). The van der Waals surface area contributed by atoms with Crippen LogP contribution >= 0.6 is 24.0 Å². The number of furan rings is 1. The monoisotopic (exact) mass is 295 g/mol. The van der Waals surface area contributed by atoms with Gasteiger partial charge in [0.25, 0.3) is 0 Å². The van der Waals surface area contributed by atoms with Crippen molar-refractivity contribution in [3.63, 3.8) is 0 Å². The molecule has 0 saturated heterocycles. The molecule has 0 aliphatic rings. The Morgan fingerprint density at radius 2 is 2.15 bits per heavy atom. The highest BCUT2D eigenvalue weighted by atomic mass is 127. The lowest BCUT2D eigenvalue weighted by molar-refractivity contribution is 0.484. The third kappa shape index (κ3) is 4.76. The van der Waals surface area contributed by atoms with Crippen LogP contribution < -0.4 is 11.5 Å². The van der Waals surface area contributed by atoms with Crippen molar-refractivity contribution in [1.29, 1.82) is 0 Å². The molecular formula is C8H14IN3O. The van der Waals surface area contributed by atoms with Crippen LogP contribution in [0.2, 0.25) is 0 Å². The second-order valence-corrected chi connectivity index (χ2v) is 2.57. The van der Waals surface area contributed by atoms with Crippen LogP contribution in [0.4, 0.5) is 0 Å². The number of hydrogen-bond acceptors (Lipinski definition) is 2. The molecule has 4 N–H and O–H groups in total. The van der Waals surface area contributed by atoms with Crippen molar-refractivity contribution in [3.05, 3.63) is 23.7 Å². The number of aliphatic imine (C=N–C) groups is 1. The minimum atomic E-state index is 0. The Labute approximate surface area is 94.4 Å². The molecule has 0 atom stereocenters. The summed E-state index contributed by atoms with van der Waals surface area (Å²) in [6, 6.07) is 3.85. The van der Waals surface area contributed by atoms with Crippen molar-refractivity contribution in [2.45, 2.75) is 13.3 Å².